The van der Waals surface area contributed by atoms with E-state index >= 15 is 0 Å². The number of amides is 2. The highest BCUT2D eigenvalue weighted by Gasteiger charge is 2.72. The Hall–Kier alpha value is -4.10. The molecule has 13 nitrogen and oxygen atoms in total. The second-order valence-electron chi connectivity index (χ2n) is 12.1. The number of ether oxygens (including phenoxy) is 1. The van der Waals surface area contributed by atoms with Crippen LogP contribution >= 0.6 is 0 Å². The lowest BCUT2D eigenvalue weighted by molar-refractivity contribution is -0.175. The zero-order valence-electron chi connectivity index (χ0n) is 24.8. The smallest absolute Gasteiger partial charge is 0.407 e. The Bertz CT molecular complexity index is 1480. The normalized spacial score (nSPS) is 28.7. The molecule has 13 heteroatoms. The van der Waals surface area contributed by atoms with Crippen molar-refractivity contribution in [1.29, 1.82) is 0 Å². The van der Waals surface area contributed by atoms with Gasteiger partial charge < -0.3 is 41.1 Å². The van der Waals surface area contributed by atoms with Crippen LogP contribution in [0.4, 0.5) is 10.5 Å². The monoisotopic (exact) mass is 586 g/mol. The summed E-state index contributed by atoms with van der Waals surface area (Å²) in [5.74, 6) is -5.42. The lowest BCUT2D eigenvalue weighted by Gasteiger charge is -2.59. The first-order chi connectivity index (χ1) is 19.4. The number of hydrogen-bond acceptors (Lipinski definition) is 11. The van der Waals surface area contributed by atoms with Crippen molar-refractivity contribution >= 4 is 35.0 Å². The van der Waals surface area contributed by atoms with E-state index in [9.17, 15) is 39.6 Å². The van der Waals surface area contributed by atoms with Crippen molar-refractivity contribution in [3.05, 3.63) is 39.7 Å². The maximum absolute atomic E-state index is 14.4. The first-order valence-electron chi connectivity index (χ1n) is 13.5. The van der Waals surface area contributed by atoms with Crippen LogP contribution in [0.1, 0.15) is 43.9 Å². The number of nitrogens with zero attached hydrogens (tertiary/aromatic N) is 2. The fourth-order valence-electron chi connectivity index (χ4n) is 7.31. The number of nitrogens with one attached hydrogen (secondary N) is 1. The van der Waals surface area contributed by atoms with E-state index in [2.05, 4.69) is 5.32 Å². The predicted octanol–water partition coefficient (Wildman–Crippen LogP) is 1.06. The summed E-state index contributed by atoms with van der Waals surface area (Å²) >= 11 is 0. The number of carbonyl (C=O) groups excluding carboxylic acids is 4. The molecular weight excluding hydrogens is 548 g/mol. The number of phenolic OH excluding ortho intramolecular Hbond substituents is 1. The van der Waals surface area contributed by atoms with Crippen molar-refractivity contribution in [1.82, 2.24) is 10.2 Å². The van der Waals surface area contributed by atoms with E-state index < -0.39 is 68.9 Å². The van der Waals surface area contributed by atoms with Crippen molar-refractivity contribution < 1.29 is 44.3 Å². The molecule has 1 aromatic rings. The van der Waals surface area contributed by atoms with Gasteiger partial charge in [-0.2, -0.15) is 0 Å². The number of hydrogen-bond donors (Lipinski definition) is 6. The maximum atomic E-state index is 14.4. The first-order valence-corrected chi connectivity index (χ1v) is 13.5. The van der Waals surface area contributed by atoms with Crippen LogP contribution in [0.3, 0.4) is 0 Å². The van der Waals surface area contributed by atoms with Crippen molar-refractivity contribution in [3.8, 4) is 5.75 Å². The van der Waals surface area contributed by atoms with E-state index in [0.717, 1.165) is 0 Å². The Morgan fingerprint density at radius 2 is 1.76 bits per heavy atom. The second-order valence-corrected chi connectivity index (χ2v) is 12.1. The van der Waals surface area contributed by atoms with Crippen LogP contribution in [0.25, 0.3) is 5.76 Å². The van der Waals surface area contributed by atoms with Gasteiger partial charge in [-0.1, -0.05) is 13.8 Å². The van der Waals surface area contributed by atoms with Crippen molar-refractivity contribution in [3.63, 3.8) is 0 Å². The lowest BCUT2D eigenvalue weighted by Crippen LogP contribution is -2.72. The minimum atomic E-state index is -2.80. The zero-order valence-corrected chi connectivity index (χ0v) is 24.8. The molecule has 0 heterocycles. The van der Waals surface area contributed by atoms with Gasteiger partial charge in [0.05, 0.1) is 18.2 Å². The summed E-state index contributed by atoms with van der Waals surface area (Å²) < 4.78 is 4.89. The van der Waals surface area contributed by atoms with E-state index in [1.807, 2.05) is 0 Å². The van der Waals surface area contributed by atoms with Crippen LogP contribution in [0.5, 0.6) is 5.75 Å². The highest BCUT2D eigenvalue weighted by molar-refractivity contribution is 6.25. The third kappa shape index (κ3) is 4.05. The summed E-state index contributed by atoms with van der Waals surface area (Å²) in [5.41, 5.74) is -0.120. The van der Waals surface area contributed by atoms with Gasteiger partial charge in [0.2, 0.25) is 5.78 Å². The maximum Gasteiger partial charge on any atom is 0.407 e. The Kier molecular flexibility index (Phi) is 7.36. The Balaban J connectivity index is 2.01. The zero-order chi connectivity index (χ0) is 31.7. The number of likely N-dealkylation sites (N-methyl/N-ethyl adjacent to an activating group) is 1. The summed E-state index contributed by atoms with van der Waals surface area (Å²) in [6, 6.07) is 0.426. The molecule has 0 spiro atoms. The Morgan fingerprint density at radius 1 is 1.14 bits per heavy atom. The van der Waals surface area contributed by atoms with Gasteiger partial charge in [0.1, 0.15) is 22.8 Å². The molecule has 2 amide bonds. The van der Waals surface area contributed by atoms with Gasteiger partial charge >= 0.3 is 6.09 Å². The van der Waals surface area contributed by atoms with Crippen molar-refractivity contribution in [2.75, 3.05) is 39.7 Å². The summed E-state index contributed by atoms with van der Waals surface area (Å²) in [4.78, 5) is 55.3. The SMILES string of the molecule is CCOC(=O)NCc1cc(N(C)C)c2c(c1O)C(O)=C1C(=O)[C@]3(O)C(O)=C(C(N)=O)C(=O)C(N(C)C)[C@]3(C)C[C@]1(C)C2. The quantitative estimate of drug-likeness (QED) is 0.260. The second kappa shape index (κ2) is 10.0. The number of anilines is 1. The van der Waals surface area contributed by atoms with E-state index in [1.54, 1.807) is 53.0 Å². The summed E-state index contributed by atoms with van der Waals surface area (Å²) in [6.07, 6.45) is -0.686. The lowest BCUT2D eigenvalue weighted by atomic mass is 9.46. The van der Waals surface area contributed by atoms with Crippen LogP contribution in [0.15, 0.2) is 23.0 Å². The number of phenols is 1. The number of alkyl carbamates (subject to hydrolysis) is 1. The Labute approximate surface area is 243 Å². The molecule has 7 N–H and O–H groups in total. The molecule has 1 unspecified atom stereocenters. The molecule has 3 aliphatic carbocycles. The molecular formula is C29H38N4O9. The third-order valence-corrected chi connectivity index (χ3v) is 8.87. The Morgan fingerprint density at radius 3 is 2.29 bits per heavy atom. The number of benzene rings is 1. The number of nitrogens with two attached hydrogens (primary N) is 1. The molecule has 0 aliphatic heterocycles. The highest BCUT2D eigenvalue weighted by Crippen LogP contribution is 2.63. The van der Waals surface area contributed by atoms with Gasteiger partial charge in [0.15, 0.2) is 11.4 Å². The van der Waals surface area contributed by atoms with E-state index in [0.29, 0.717) is 11.3 Å². The van der Waals surface area contributed by atoms with Gasteiger partial charge in [-0.05, 0) is 45.5 Å². The molecule has 0 aromatic heterocycles. The summed E-state index contributed by atoms with van der Waals surface area (Å²) in [6.45, 7) is 4.82. The standard InChI is InChI=1S/C29H38N4O9/c1-8-42-26(40)31-11-13-9-15(32(4)5)14-10-27(2)12-28(3)22(33(6)7)21(36)17(25(30)39)23(37)29(28,41)24(38)18(27)20(35)16(14)19(13)34/h9,22,34-35,37,41H,8,10-12H2,1-7H3,(H2,30,39)(H,31,40)/t22?,27-,28-,29+/m0/s1. The number of carbonyl (C=O) groups is 4. The molecule has 4 atom stereocenters. The molecule has 4 rings (SSSR count). The molecule has 0 saturated heterocycles. The van der Waals surface area contributed by atoms with Crippen LogP contribution in [-0.4, -0.2) is 95.3 Å². The van der Waals surface area contributed by atoms with Gasteiger partial charge in [-0.15, -0.1) is 0 Å². The molecule has 228 valence electrons. The number of aliphatic hydroxyl groups is 3. The van der Waals surface area contributed by atoms with Gasteiger partial charge in [-0.25, -0.2) is 4.79 Å². The van der Waals surface area contributed by atoms with Gasteiger partial charge in [0.25, 0.3) is 5.91 Å². The fourth-order valence-corrected chi connectivity index (χ4v) is 7.31. The highest BCUT2D eigenvalue weighted by atomic mass is 16.5. The topological polar surface area (TPSA) is 203 Å². The van der Waals surface area contributed by atoms with E-state index in [1.165, 1.54) is 11.8 Å². The van der Waals surface area contributed by atoms with Crippen LogP contribution in [0.2, 0.25) is 0 Å². The molecule has 1 aromatic carbocycles. The summed E-state index contributed by atoms with van der Waals surface area (Å²) in [5, 5.41) is 48.9. The van der Waals surface area contributed by atoms with Crippen LogP contribution in [-0.2, 0) is 32.1 Å². The third-order valence-electron chi connectivity index (χ3n) is 8.87. The van der Waals surface area contributed by atoms with Crippen LogP contribution in [0, 0.1) is 10.8 Å². The molecule has 42 heavy (non-hydrogen) atoms. The average molecular weight is 587 g/mol. The number of fused-ring (bicyclic) bond motifs is 3. The predicted molar refractivity (Wildman–Crippen MR) is 152 cm³/mol. The van der Waals surface area contributed by atoms with Gasteiger partial charge in [0, 0.05) is 48.3 Å². The largest absolute Gasteiger partial charge is 0.508 e. The molecule has 3 aliphatic rings. The number of aromatic hydroxyl groups is 1. The van der Waals surface area contributed by atoms with Crippen molar-refractivity contribution in [2.24, 2.45) is 16.6 Å². The molecule has 1 saturated carbocycles. The number of Topliss-reactive ketones (excluding diaryl/α,β-unsaturated/α-hetero) is 2. The number of rotatable bonds is 6. The number of primary amides is 1. The minimum absolute atomic E-state index is 0.0653. The summed E-state index contributed by atoms with van der Waals surface area (Å²) in [7, 11) is 6.62. The first kappa shape index (κ1) is 30.8. The van der Waals surface area contributed by atoms with E-state index in [4.69, 9.17) is 10.5 Å². The van der Waals surface area contributed by atoms with Crippen LogP contribution < -0.4 is 16.0 Å². The molecule has 1 fully saturated rings. The molecule has 0 bridgehead atoms. The van der Waals surface area contributed by atoms with Crippen molar-refractivity contribution in [2.45, 2.75) is 51.8 Å². The van der Waals surface area contributed by atoms with E-state index in [-0.39, 0.29) is 42.7 Å². The number of ketones is 2. The van der Waals surface area contributed by atoms with Gasteiger partial charge in [-0.3, -0.25) is 19.3 Å². The average Bonchev–Trinajstić information content (AvgIpc) is 2.85. The fraction of sp³-hybridized carbons (Fsp3) is 0.517. The number of aliphatic hydroxyl groups excluding tert-OH is 2. The molecule has 0 radical (unpaired) electrons. The minimum Gasteiger partial charge on any atom is -0.508 e.